The summed E-state index contributed by atoms with van der Waals surface area (Å²) in [6.07, 6.45) is 5.01. The number of carboxylic acid groups (broad SMARTS) is 1. The van der Waals surface area contributed by atoms with Crippen LogP contribution >= 0.6 is 15.9 Å². The molecule has 0 unspecified atom stereocenters. The number of ether oxygens (including phenoxy) is 1. The highest BCUT2D eigenvalue weighted by Crippen LogP contribution is 2.27. The zero-order chi connectivity index (χ0) is 12.3. The van der Waals surface area contributed by atoms with Crippen molar-refractivity contribution in [1.82, 2.24) is 0 Å². The number of carbonyl (C=O) groups is 1. The first kappa shape index (κ1) is 12.4. The molecule has 0 aliphatic heterocycles. The summed E-state index contributed by atoms with van der Waals surface area (Å²) in [6.45, 7) is 0.690. The van der Waals surface area contributed by atoms with E-state index in [4.69, 9.17) is 9.84 Å². The van der Waals surface area contributed by atoms with Gasteiger partial charge in [0.15, 0.2) is 0 Å². The van der Waals surface area contributed by atoms with E-state index in [1.165, 1.54) is 25.7 Å². The lowest BCUT2D eigenvalue weighted by Crippen LogP contribution is -2.08. The van der Waals surface area contributed by atoms with Gasteiger partial charge in [0.1, 0.15) is 5.75 Å². The quantitative estimate of drug-likeness (QED) is 0.921. The van der Waals surface area contributed by atoms with Gasteiger partial charge >= 0.3 is 5.97 Å². The first-order valence-electron chi connectivity index (χ1n) is 5.82. The largest absolute Gasteiger partial charge is 0.493 e. The summed E-state index contributed by atoms with van der Waals surface area (Å²) in [7, 11) is 0. The minimum atomic E-state index is -0.933. The Morgan fingerprint density at radius 1 is 1.35 bits per heavy atom. The molecule has 0 bridgehead atoms. The molecule has 92 valence electrons. The highest BCUT2D eigenvalue weighted by Gasteiger charge is 2.16. The van der Waals surface area contributed by atoms with Gasteiger partial charge < -0.3 is 9.84 Å². The van der Waals surface area contributed by atoms with Crippen molar-refractivity contribution in [3.05, 3.63) is 28.2 Å². The fourth-order valence-corrected chi connectivity index (χ4v) is 2.63. The van der Waals surface area contributed by atoms with Gasteiger partial charge in [0.2, 0.25) is 0 Å². The van der Waals surface area contributed by atoms with Gasteiger partial charge in [0, 0.05) is 4.47 Å². The van der Waals surface area contributed by atoms with Crippen molar-refractivity contribution in [2.24, 2.45) is 5.92 Å². The van der Waals surface area contributed by atoms with E-state index in [-0.39, 0.29) is 5.56 Å². The van der Waals surface area contributed by atoms with Crippen molar-refractivity contribution >= 4 is 21.9 Å². The Bertz CT molecular complexity index is 411. The molecule has 0 aromatic heterocycles. The van der Waals surface area contributed by atoms with E-state index in [1.807, 2.05) is 0 Å². The van der Waals surface area contributed by atoms with E-state index < -0.39 is 5.97 Å². The van der Waals surface area contributed by atoms with Crippen LogP contribution < -0.4 is 4.74 Å². The Kier molecular flexibility index (Phi) is 4.05. The summed E-state index contributed by atoms with van der Waals surface area (Å²) in [5.74, 6) is 0.322. The molecule has 1 aliphatic rings. The van der Waals surface area contributed by atoms with Gasteiger partial charge in [-0.2, -0.15) is 0 Å². The summed E-state index contributed by atoms with van der Waals surface area (Å²) < 4.78 is 6.40. The molecule has 0 radical (unpaired) electrons. The van der Waals surface area contributed by atoms with Crippen molar-refractivity contribution in [1.29, 1.82) is 0 Å². The van der Waals surface area contributed by atoms with Gasteiger partial charge in [-0.05, 0) is 37.0 Å². The van der Waals surface area contributed by atoms with Crippen LogP contribution in [0, 0.1) is 5.92 Å². The Morgan fingerprint density at radius 2 is 2.06 bits per heavy atom. The number of carboxylic acids is 1. The number of hydrogen-bond acceptors (Lipinski definition) is 2. The van der Waals surface area contributed by atoms with Gasteiger partial charge in [-0.15, -0.1) is 0 Å². The number of benzene rings is 1. The van der Waals surface area contributed by atoms with E-state index in [0.29, 0.717) is 18.3 Å². The van der Waals surface area contributed by atoms with E-state index in [2.05, 4.69) is 15.9 Å². The topological polar surface area (TPSA) is 46.5 Å². The lowest BCUT2D eigenvalue weighted by Gasteiger charge is -2.12. The second kappa shape index (κ2) is 5.54. The van der Waals surface area contributed by atoms with Gasteiger partial charge in [0.25, 0.3) is 0 Å². The van der Waals surface area contributed by atoms with Crippen molar-refractivity contribution in [3.8, 4) is 5.75 Å². The summed E-state index contributed by atoms with van der Waals surface area (Å²) >= 11 is 3.29. The molecule has 0 saturated heterocycles. The van der Waals surface area contributed by atoms with E-state index in [0.717, 1.165) is 4.47 Å². The molecule has 17 heavy (non-hydrogen) atoms. The molecule has 1 aromatic carbocycles. The molecule has 0 atom stereocenters. The van der Waals surface area contributed by atoms with Crippen LogP contribution in [0.25, 0.3) is 0 Å². The second-order valence-corrected chi connectivity index (χ2v) is 5.36. The normalized spacial score (nSPS) is 16.1. The van der Waals surface area contributed by atoms with Crippen LogP contribution in [0.1, 0.15) is 36.0 Å². The van der Waals surface area contributed by atoms with Gasteiger partial charge in [-0.1, -0.05) is 28.8 Å². The lowest BCUT2D eigenvalue weighted by molar-refractivity contribution is 0.0696. The standard InChI is InChI=1S/C13H15BrO3/c14-11-5-10(13(15)16)6-12(7-11)17-8-9-3-1-2-4-9/h5-7,9H,1-4,8H2,(H,15,16). The Labute approximate surface area is 109 Å². The Morgan fingerprint density at radius 3 is 2.71 bits per heavy atom. The van der Waals surface area contributed by atoms with Crippen molar-refractivity contribution in [2.75, 3.05) is 6.61 Å². The predicted octanol–water partition coefficient (Wildman–Crippen LogP) is 3.72. The van der Waals surface area contributed by atoms with Crippen LogP contribution in [0.4, 0.5) is 0 Å². The highest BCUT2D eigenvalue weighted by molar-refractivity contribution is 9.10. The molecule has 1 N–H and O–H groups in total. The molecule has 1 saturated carbocycles. The van der Waals surface area contributed by atoms with Crippen molar-refractivity contribution in [3.63, 3.8) is 0 Å². The average molecular weight is 299 g/mol. The molecular weight excluding hydrogens is 284 g/mol. The van der Waals surface area contributed by atoms with Gasteiger partial charge in [-0.3, -0.25) is 0 Å². The predicted molar refractivity (Wildman–Crippen MR) is 68.6 cm³/mol. The van der Waals surface area contributed by atoms with Crippen LogP contribution in [0.15, 0.2) is 22.7 Å². The minimum Gasteiger partial charge on any atom is -0.493 e. The molecular formula is C13H15BrO3. The molecule has 0 amide bonds. The maximum atomic E-state index is 10.9. The van der Waals surface area contributed by atoms with E-state index >= 15 is 0 Å². The Hall–Kier alpha value is -1.03. The monoisotopic (exact) mass is 298 g/mol. The van der Waals surface area contributed by atoms with E-state index in [9.17, 15) is 4.79 Å². The fourth-order valence-electron chi connectivity index (χ4n) is 2.16. The van der Waals surface area contributed by atoms with E-state index in [1.54, 1.807) is 18.2 Å². The summed E-state index contributed by atoms with van der Waals surface area (Å²) in [6, 6.07) is 4.95. The SMILES string of the molecule is O=C(O)c1cc(Br)cc(OCC2CCCC2)c1. The molecule has 1 aromatic rings. The Balaban J connectivity index is 2.01. The smallest absolute Gasteiger partial charge is 0.335 e. The molecule has 4 heteroatoms. The van der Waals surface area contributed by atoms with Crippen LogP contribution in [0.2, 0.25) is 0 Å². The minimum absolute atomic E-state index is 0.251. The highest BCUT2D eigenvalue weighted by atomic mass is 79.9. The molecule has 1 aliphatic carbocycles. The molecule has 1 fully saturated rings. The van der Waals surface area contributed by atoms with Gasteiger partial charge in [-0.25, -0.2) is 4.79 Å². The summed E-state index contributed by atoms with van der Waals surface area (Å²) in [5, 5.41) is 8.94. The number of halogens is 1. The van der Waals surface area contributed by atoms with Crippen LogP contribution in [-0.4, -0.2) is 17.7 Å². The number of aromatic carboxylic acids is 1. The maximum absolute atomic E-state index is 10.9. The zero-order valence-electron chi connectivity index (χ0n) is 9.49. The summed E-state index contributed by atoms with van der Waals surface area (Å²) in [4.78, 5) is 10.9. The maximum Gasteiger partial charge on any atom is 0.335 e. The third-order valence-corrected chi connectivity index (χ3v) is 3.54. The molecule has 0 heterocycles. The third-order valence-electron chi connectivity index (χ3n) is 3.08. The van der Waals surface area contributed by atoms with Gasteiger partial charge in [0.05, 0.1) is 12.2 Å². The van der Waals surface area contributed by atoms with Crippen LogP contribution in [0.3, 0.4) is 0 Å². The van der Waals surface area contributed by atoms with Crippen molar-refractivity contribution in [2.45, 2.75) is 25.7 Å². The number of rotatable bonds is 4. The average Bonchev–Trinajstić information content (AvgIpc) is 2.78. The number of hydrogen-bond donors (Lipinski definition) is 1. The lowest BCUT2D eigenvalue weighted by atomic mass is 10.1. The summed E-state index contributed by atoms with van der Waals surface area (Å²) in [5.41, 5.74) is 0.251. The van der Waals surface area contributed by atoms with Crippen LogP contribution in [0.5, 0.6) is 5.75 Å². The fraction of sp³-hybridized carbons (Fsp3) is 0.462. The first-order chi connectivity index (χ1) is 8.15. The first-order valence-corrected chi connectivity index (χ1v) is 6.61. The van der Waals surface area contributed by atoms with Crippen LogP contribution in [-0.2, 0) is 0 Å². The van der Waals surface area contributed by atoms with Crippen molar-refractivity contribution < 1.29 is 14.6 Å². The molecule has 2 rings (SSSR count). The molecule has 0 spiro atoms. The second-order valence-electron chi connectivity index (χ2n) is 4.44. The molecule has 3 nitrogen and oxygen atoms in total. The zero-order valence-corrected chi connectivity index (χ0v) is 11.1. The third kappa shape index (κ3) is 3.46.